The zero-order chi connectivity index (χ0) is 13.7. The number of nitrogens with zero attached hydrogens (tertiary/aromatic N) is 2. The van der Waals surface area contributed by atoms with Crippen molar-refractivity contribution in [1.82, 2.24) is 15.2 Å². The van der Waals surface area contributed by atoms with Gasteiger partial charge in [0.1, 0.15) is 0 Å². The molecule has 0 spiro atoms. The Balaban J connectivity index is 1.74. The fraction of sp³-hybridized carbons (Fsp3) is 0.692. The Morgan fingerprint density at radius 2 is 2.53 bits per heavy atom. The van der Waals surface area contributed by atoms with Crippen molar-refractivity contribution >= 4 is 17.4 Å². The number of urea groups is 1. The van der Waals surface area contributed by atoms with Crippen LogP contribution in [0.5, 0.6) is 0 Å². The number of thiazole rings is 1. The van der Waals surface area contributed by atoms with Crippen LogP contribution in [0.15, 0.2) is 6.20 Å². The highest BCUT2D eigenvalue weighted by atomic mass is 32.1. The molecule has 1 aromatic rings. The highest BCUT2D eigenvalue weighted by molar-refractivity contribution is 7.11. The standard InChI is InChI=1S/C13H21N3O2S/c1-2-11-8-15-12(19-11)5-6-14-13(18)16-7-3-4-10(16)9-17/h8,10,17H,2-7,9H2,1H3,(H,14,18)/t10-/m0/s1. The fourth-order valence-electron chi connectivity index (χ4n) is 2.30. The minimum absolute atomic E-state index is 0.00782. The van der Waals surface area contributed by atoms with Gasteiger partial charge in [0.2, 0.25) is 0 Å². The first-order valence-corrected chi connectivity index (χ1v) is 7.65. The number of carbonyl (C=O) groups excluding carboxylic acids is 1. The molecular weight excluding hydrogens is 262 g/mol. The predicted molar refractivity (Wildman–Crippen MR) is 75.4 cm³/mol. The molecule has 1 aliphatic heterocycles. The number of aliphatic hydroxyl groups is 1. The van der Waals surface area contributed by atoms with Crippen molar-refractivity contribution in [3.63, 3.8) is 0 Å². The van der Waals surface area contributed by atoms with Crippen LogP contribution in [0.3, 0.4) is 0 Å². The van der Waals surface area contributed by atoms with E-state index in [1.807, 2.05) is 6.20 Å². The number of hydrogen-bond acceptors (Lipinski definition) is 4. The van der Waals surface area contributed by atoms with E-state index >= 15 is 0 Å². The average Bonchev–Trinajstić information content (AvgIpc) is 3.06. The van der Waals surface area contributed by atoms with Gasteiger partial charge in [0.25, 0.3) is 0 Å². The van der Waals surface area contributed by atoms with Gasteiger partial charge in [0.05, 0.1) is 17.7 Å². The summed E-state index contributed by atoms with van der Waals surface area (Å²) in [6, 6.07) is -0.0737. The average molecular weight is 283 g/mol. The SMILES string of the molecule is CCc1cnc(CCNC(=O)N2CCC[C@H]2CO)s1. The van der Waals surface area contributed by atoms with Crippen molar-refractivity contribution in [1.29, 1.82) is 0 Å². The minimum atomic E-state index is -0.0659. The van der Waals surface area contributed by atoms with Gasteiger partial charge in [-0.05, 0) is 19.3 Å². The van der Waals surface area contributed by atoms with E-state index in [2.05, 4.69) is 17.2 Å². The number of rotatable bonds is 5. The van der Waals surface area contributed by atoms with Crippen LogP contribution in [0, 0.1) is 0 Å². The summed E-state index contributed by atoms with van der Waals surface area (Å²) in [6.07, 6.45) is 5.56. The predicted octanol–water partition coefficient (Wildman–Crippen LogP) is 1.41. The number of hydrogen-bond donors (Lipinski definition) is 2. The van der Waals surface area contributed by atoms with Crippen LogP contribution in [0.2, 0.25) is 0 Å². The lowest BCUT2D eigenvalue weighted by Crippen LogP contribution is -2.44. The molecule has 19 heavy (non-hydrogen) atoms. The fourth-order valence-corrected chi connectivity index (χ4v) is 3.16. The molecule has 6 heteroatoms. The van der Waals surface area contributed by atoms with E-state index in [9.17, 15) is 9.90 Å². The monoisotopic (exact) mass is 283 g/mol. The van der Waals surface area contributed by atoms with Crippen molar-refractivity contribution in [3.8, 4) is 0 Å². The van der Waals surface area contributed by atoms with Gasteiger partial charge in [-0.15, -0.1) is 11.3 Å². The van der Waals surface area contributed by atoms with Gasteiger partial charge in [-0.2, -0.15) is 0 Å². The van der Waals surface area contributed by atoms with E-state index in [1.54, 1.807) is 16.2 Å². The number of nitrogens with one attached hydrogen (secondary N) is 1. The zero-order valence-corrected chi connectivity index (χ0v) is 12.1. The Labute approximate surface area is 117 Å². The summed E-state index contributed by atoms with van der Waals surface area (Å²) in [6.45, 7) is 3.51. The number of carbonyl (C=O) groups is 1. The van der Waals surface area contributed by atoms with Crippen molar-refractivity contribution in [2.75, 3.05) is 19.7 Å². The molecule has 0 aromatic carbocycles. The van der Waals surface area contributed by atoms with Crippen LogP contribution < -0.4 is 5.32 Å². The second kappa shape index (κ2) is 6.86. The number of aliphatic hydroxyl groups excluding tert-OH is 1. The van der Waals surface area contributed by atoms with Gasteiger partial charge >= 0.3 is 6.03 Å². The Morgan fingerprint density at radius 3 is 3.21 bits per heavy atom. The van der Waals surface area contributed by atoms with Crippen LogP contribution in [0.25, 0.3) is 0 Å². The molecule has 1 fully saturated rings. The van der Waals surface area contributed by atoms with Crippen LogP contribution >= 0.6 is 11.3 Å². The molecule has 2 heterocycles. The molecule has 2 rings (SSSR count). The summed E-state index contributed by atoms with van der Waals surface area (Å²) in [5.41, 5.74) is 0. The smallest absolute Gasteiger partial charge is 0.317 e. The molecule has 1 atom stereocenters. The highest BCUT2D eigenvalue weighted by Crippen LogP contribution is 2.16. The van der Waals surface area contributed by atoms with Gasteiger partial charge < -0.3 is 15.3 Å². The van der Waals surface area contributed by atoms with E-state index in [4.69, 9.17) is 0 Å². The van der Waals surface area contributed by atoms with Crippen molar-refractivity contribution < 1.29 is 9.90 Å². The lowest BCUT2D eigenvalue weighted by molar-refractivity contribution is 0.157. The zero-order valence-electron chi connectivity index (χ0n) is 11.3. The third kappa shape index (κ3) is 3.67. The van der Waals surface area contributed by atoms with E-state index in [0.717, 1.165) is 37.2 Å². The van der Waals surface area contributed by atoms with E-state index in [-0.39, 0.29) is 18.7 Å². The van der Waals surface area contributed by atoms with Crippen LogP contribution in [0.1, 0.15) is 29.7 Å². The van der Waals surface area contributed by atoms with Crippen LogP contribution in [0.4, 0.5) is 4.79 Å². The molecule has 0 radical (unpaired) electrons. The molecule has 0 unspecified atom stereocenters. The largest absolute Gasteiger partial charge is 0.394 e. The number of aromatic nitrogens is 1. The Hall–Kier alpha value is -1.14. The molecular formula is C13H21N3O2S. The second-order valence-electron chi connectivity index (χ2n) is 4.73. The van der Waals surface area contributed by atoms with E-state index < -0.39 is 0 Å². The van der Waals surface area contributed by atoms with Gasteiger partial charge in [0, 0.05) is 30.6 Å². The molecule has 2 amide bonds. The van der Waals surface area contributed by atoms with Crippen LogP contribution in [-0.4, -0.2) is 46.8 Å². The lowest BCUT2D eigenvalue weighted by atomic mass is 10.2. The van der Waals surface area contributed by atoms with Gasteiger partial charge in [-0.1, -0.05) is 6.92 Å². The van der Waals surface area contributed by atoms with Crippen molar-refractivity contribution in [2.24, 2.45) is 0 Å². The summed E-state index contributed by atoms with van der Waals surface area (Å²) in [5, 5.41) is 13.2. The van der Waals surface area contributed by atoms with Crippen molar-refractivity contribution in [3.05, 3.63) is 16.1 Å². The molecule has 106 valence electrons. The van der Waals surface area contributed by atoms with Gasteiger partial charge in [-0.3, -0.25) is 0 Å². The molecule has 0 bridgehead atoms. The molecule has 0 saturated carbocycles. The normalized spacial score (nSPS) is 18.8. The quantitative estimate of drug-likeness (QED) is 0.859. The summed E-state index contributed by atoms with van der Waals surface area (Å²) >= 11 is 1.71. The van der Waals surface area contributed by atoms with Gasteiger partial charge in [0.15, 0.2) is 0 Å². The summed E-state index contributed by atoms with van der Waals surface area (Å²) in [7, 11) is 0. The Morgan fingerprint density at radius 1 is 1.68 bits per heavy atom. The number of likely N-dealkylation sites (tertiary alicyclic amines) is 1. The third-order valence-electron chi connectivity index (χ3n) is 3.41. The maximum absolute atomic E-state index is 12.0. The second-order valence-corrected chi connectivity index (χ2v) is 5.93. The molecule has 1 aromatic heterocycles. The third-order valence-corrected chi connectivity index (χ3v) is 4.62. The topological polar surface area (TPSA) is 65.5 Å². The Kier molecular flexibility index (Phi) is 5.15. The van der Waals surface area contributed by atoms with Crippen molar-refractivity contribution in [2.45, 2.75) is 38.6 Å². The first-order chi connectivity index (χ1) is 9.24. The molecule has 0 aliphatic carbocycles. The summed E-state index contributed by atoms with van der Waals surface area (Å²) in [5.74, 6) is 0. The Bertz CT molecular complexity index is 422. The maximum Gasteiger partial charge on any atom is 0.317 e. The first-order valence-electron chi connectivity index (χ1n) is 6.83. The highest BCUT2D eigenvalue weighted by Gasteiger charge is 2.27. The first kappa shape index (κ1) is 14.3. The maximum atomic E-state index is 12.0. The van der Waals surface area contributed by atoms with Gasteiger partial charge in [-0.25, -0.2) is 9.78 Å². The van der Waals surface area contributed by atoms with Crippen LogP contribution in [-0.2, 0) is 12.8 Å². The number of aryl methyl sites for hydroxylation is 1. The molecule has 1 saturated heterocycles. The molecule has 2 N–H and O–H groups in total. The van der Waals surface area contributed by atoms with E-state index in [1.165, 1.54) is 4.88 Å². The molecule has 5 nitrogen and oxygen atoms in total. The lowest BCUT2D eigenvalue weighted by Gasteiger charge is -2.23. The van der Waals surface area contributed by atoms with E-state index in [0.29, 0.717) is 6.54 Å². The minimum Gasteiger partial charge on any atom is -0.394 e. The summed E-state index contributed by atoms with van der Waals surface area (Å²) in [4.78, 5) is 19.3. The molecule has 1 aliphatic rings. The summed E-state index contributed by atoms with van der Waals surface area (Å²) < 4.78 is 0. The number of amides is 2.